The van der Waals surface area contributed by atoms with Gasteiger partial charge in [-0.25, -0.2) is 9.08 Å². The molecule has 0 bridgehead atoms. The molecule has 1 aliphatic heterocycles. The molecule has 1 aromatic carbocycles. The number of rotatable bonds is 9. The minimum atomic E-state index is -4.31. The molecule has 0 aliphatic carbocycles. The van der Waals surface area contributed by atoms with E-state index in [4.69, 9.17) is 13.8 Å². The minimum absolute atomic E-state index is 0.0642. The molecule has 4 rings (SSSR count). The third kappa shape index (κ3) is 4.99. The maximum absolute atomic E-state index is 13.6. The fourth-order valence-corrected chi connectivity index (χ4v) is 5.63. The van der Waals surface area contributed by atoms with Gasteiger partial charge in [-0.3, -0.25) is 14.1 Å². The molecule has 1 saturated heterocycles. The van der Waals surface area contributed by atoms with E-state index in [1.54, 1.807) is 18.2 Å². The van der Waals surface area contributed by atoms with Crippen molar-refractivity contribution in [3.63, 3.8) is 0 Å². The predicted molar refractivity (Wildman–Crippen MR) is 131 cm³/mol. The van der Waals surface area contributed by atoms with Crippen LogP contribution in [0.4, 0.5) is 0 Å². The van der Waals surface area contributed by atoms with Crippen LogP contribution in [0.5, 0.6) is 5.75 Å². The van der Waals surface area contributed by atoms with E-state index in [-0.39, 0.29) is 22.8 Å². The zero-order valence-electron chi connectivity index (χ0n) is 21.0. The molecule has 206 valence electrons. The number of aromatic nitrogens is 3. The number of methoxy groups -OCH3 is 1. The largest absolute Gasteiger partial charge is 0.468 e. The van der Waals surface area contributed by atoms with Crippen molar-refractivity contribution in [3.05, 3.63) is 64.3 Å². The van der Waals surface area contributed by atoms with Crippen molar-refractivity contribution in [1.82, 2.24) is 19.7 Å². The summed E-state index contributed by atoms with van der Waals surface area (Å²) in [4.78, 5) is 26.7. The van der Waals surface area contributed by atoms with Crippen LogP contribution < -0.4 is 15.2 Å². The van der Waals surface area contributed by atoms with Crippen LogP contribution in [0, 0.1) is 6.92 Å². The summed E-state index contributed by atoms with van der Waals surface area (Å²) in [5.74, 6) is -2.91. The van der Waals surface area contributed by atoms with Crippen LogP contribution in [-0.4, -0.2) is 73.5 Å². The van der Waals surface area contributed by atoms with Gasteiger partial charge < -0.3 is 34.3 Å². The molecule has 2 aromatic heterocycles. The number of hydrogen-bond donors (Lipinski definition) is 5. The molecule has 0 amide bonds. The predicted octanol–water partition coefficient (Wildman–Crippen LogP) is 0.342. The molecule has 0 saturated carbocycles. The van der Waals surface area contributed by atoms with Gasteiger partial charge in [-0.2, -0.15) is 10.2 Å². The number of ether oxygens (including phenoxy) is 2. The first-order valence-corrected chi connectivity index (χ1v) is 13.1. The summed E-state index contributed by atoms with van der Waals surface area (Å²) in [6, 6.07) is 9.59. The van der Waals surface area contributed by atoms with E-state index in [0.29, 0.717) is 0 Å². The van der Waals surface area contributed by atoms with Crippen LogP contribution in [0.3, 0.4) is 0 Å². The summed E-state index contributed by atoms with van der Waals surface area (Å²) in [6.07, 6.45) is -3.20. The fourth-order valence-electron chi connectivity index (χ4n) is 4.13. The number of hydrogen-bond acceptors (Lipinski definition) is 11. The summed E-state index contributed by atoms with van der Waals surface area (Å²) < 4.78 is 36.1. The van der Waals surface area contributed by atoms with Gasteiger partial charge in [0.15, 0.2) is 0 Å². The second-order valence-corrected chi connectivity index (χ2v) is 10.7. The molecule has 15 heteroatoms. The highest BCUT2D eigenvalue weighted by atomic mass is 31.2. The number of carbonyl (C=O) groups excluding carboxylic acids is 1. The third-order valence-corrected chi connectivity index (χ3v) is 7.84. The number of aryl methyl sites for hydroxylation is 1. The highest BCUT2D eigenvalue weighted by molar-refractivity contribution is 7.52. The lowest BCUT2D eigenvalue weighted by atomic mass is 9.88. The van der Waals surface area contributed by atoms with Crippen LogP contribution in [0.25, 0.3) is 5.52 Å². The standard InChI is InChI=1S/C23H29N4O10P/c1-13(21(30)34-4)26-38(33,37-15-8-6-5-7-9-15)35-12-17-19(28)22(3,31)23(32,36-17)18-11-10-16-20(29)24-14(2)25-27(16)18/h5-11,13,17,19,28,31-32H,12H2,1-4H3,(H,26,33)(H,24,25,29)/t13-,17+,19+,22+,23-,38?/m0/s1. The van der Waals surface area contributed by atoms with E-state index in [9.17, 15) is 29.5 Å². The number of nitrogens with zero attached hydrogens (tertiary/aromatic N) is 2. The highest BCUT2D eigenvalue weighted by Gasteiger charge is 2.64. The Morgan fingerprint density at radius 3 is 2.63 bits per heavy atom. The van der Waals surface area contributed by atoms with E-state index in [1.165, 1.54) is 38.1 Å². The molecule has 1 unspecified atom stereocenters. The van der Waals surface area contributed by atoms with Crippen LogP contribution in [0.2, 0.25) is 0 Å². The molecule has 0 radical (unpaired) electrons. The van der Waals surface area contributed by atoms with Gasteiger partial charge >= 0.3 is 13.7 Å². The first-order chi connectivity index (χ1) is 17.8. The van der Waals surface area contributed by atoms with Crippen LogP contribution in [0.1, 0.15) is 25.4 Å². The SMILES string of the molecule is COC(=O)[C@H](C)NP(=O)(OC[C@H]1O[C@@](O)(c2ccc3c(=O)[nH]c(C)nn23)[C@](C)(O)[C@@H]1O)Oc1ccccc1. The summed E-state index contributed by atoms with van der Waals surface area (Å²) in [7, 11) is -3.15. The summed E-state index contributed by atoms with van der Waals surface area (Å²) in [5, 5.41) is 40.1. The average Bonchev–Trinajstić information content (AvgIpc) is 3.36. The number of aliphatic hydroxyl groups excluding tert-OH is 1. The van der Waals surface area contributed by atoms with Gasteiger partial charge in [0.1, 0.15) is 46.6 Å². The number of aromatic amines is 1. The molecular weight excluding hydrogens is 523 g/mol. The van der Waals surface area contributed by atoms with Crippen LogP contribution in [-0.2, 0) is 29.1 Å². The lowest BCUT2D eigenvalue weighted by molar-refractivity contribution is -0.275. The number of carbonyl (C=O) groups is 1. The molecule has 3 heterocycles. The fraction of sp³-hybridized carbons (Fsp3) is 0.435. The van der Waals surface area contributed by atoms with Crippen LogP contribution >= 0.6 is 7.75 Å². The molecule has 1 fully saturated rings. The first kappa shape index (κ1) is 27.9. The van der Waals surface area contributed by atoms with Crippen molar-refractivity contribution >= 4 is 19.2 Å². The molecular formula is C23H29N4O10P. The third-order valence-electron chi connectivity index (χ3n) is 6.20. The van der Waals surface area contributed by atoms with E-state index in [1.807, 2.05) is 0 Å². The van der Waals surface area contributed by atoms with Gasteiger partial charge in [0.2, 0.25) is 5.79 Å². The average molecular weight is 552 g/mol. The molecule has 38 heavy (non-hydrogen) atoms. The van der Waals surface area contributed by atoms with Crippen molar-refractivity contribution in [1.29, 1.82) is 0 Å². The lowest BCUT2D eigenvalue weighted by Gasteiger charge is -2.33. The van der Waals surface area contributed by atoms with Crippen molar-refractivity contribution in [2.75, 3.05) is 13.7 Å². The van der Waals surface area contributed by atoms with Crippen LogP contribution in [0.15, 0.2) is 47.3 Å². The van der Waals surface area contributed by atoms with Gasteiger partial charge in [-0.1, -0.05) is 18.2 Å². The van der Waals surface area contributed by atoms with Crippen molar-refractivity contribution in [2.24, 2.45) is 0 Å². The Morgan fingerprint density at radius 1 is 1.29 bits per heavy atom. The number of nitrogens with one attached hydrogen (secondary N) is 2. The second kappa shape index (κ2) is 10.2. The lowest BCUT2D eigenvalue weighted by Crippen LogP contribution is -2.53. The van der Waals surface area contributed by atoms with Gasteiger partial charge in [0, 0.05) is 0 Å². The molecule has 6 atom stereocenters. The Hall–Kier alpha value is -3.10. The molecule has 1 aliphatic rings. The zero-order valence-corrected chi connectivity index (χ0v) is 21.9. The Bertz CT molecular complexity index is 1420. The summed E-state index contributed by atoms with van der Waals surface area (Å²) in [5.41, 5.74) is -2.89. The van der Waals surface area contributed by atoms with Crippen molar-refractivity contribution < 1.29 is 43.2 Å². The summed E-state index contributed by atoms with van der Waals surface area (Å²) >= 11 is 0. The molecule has 14 nitrogen and oxygen atoms in total. The number of esters is 1. The van der Waals surface area contributed by atoms with Gasteiger partial charge in [-0.15, -0.1) is 0 Å². The van der Waals surface area contributed by atoms with Gasteiger partial charge in [0.05, 0.1) is 13.7 Å². The molecule has 3 aromatic rings. The first-order valence-electron chi connectivity index (χ1n) is 11.6. The van der Waals surface area contributed by atoms with Crippen molar-refractivity contribution in [2.45, 2.75) is 50.4 Å². The Morgan fingerprint density at radius 2 is 1.97 bits per heavy atom. The summed E-state index contributed by atoms with van der Waals surface area (Å²) in [6.45, 7) is 3.39. The van der Waals surface area contributed by atoms with E-state index in [2.05, 4.69) is 19.9 Å². The number of H-pyrrole nitrogens is 1. The zero-order chi connectivity index (χ0) is 27.9. The Labute approximate surface area is 216 Å². The minimum Gasteiger partial charge on any atom is -0.468 e. The number of fused-ring (bicyclic) bond motifs is 1. The Kier molecular flexibility index (Phi) is 7.51. The van der Waals surface area contributed by atoms with E-state index in [0.717, 1.165) is 18.5 Å². The van der Waals surface area contributed by atoms with Gasteiger partial charge in [-0.05, 0) is 45.0 Å². The second-order valence-electron chi connectivity index (χ2n) is 9.02. The maximum Gasteiger partial charge on any atom is 0.459 e. The topological polar surface area (TPSA) is 194 Å². The van der Waals surface area contributed by atoms with E-state index >= 15 is 0 Å². The maximum atomic E-state index is 13.6. The molecule has 5 N–H and O–H groups in total. The Balaban J connectivity index is 1.62. The quantitative estimate of drug-likeness (QED) is 0.181. The van der Waals surface area contributed by atoms with E-state index < -0.39 is 55.5 Å². The monoisotopic (exact) mass is 552 g/mol. The van der Waals surface area contributed by atoms with Gasteiger partial charge in [0.25, 0.3) is 5.56 Å². The number of aliphatic hydroxyl groups is 3. The number of benzene rings is 1. The molecule has 0 spiro atoms. The smallest absolute Gasteiger partial charge is 0.459 e. The highest BCUT2D eigenvalue weighted by Crippen LogP contribution is 2.49. The van der Waals surface area contributed by atoms with Crippen molar-refractivity contribution in [3.8, 4) is 5.75 Å². The normalized spacial score (nSPS) is 27.7. The number of para-hydroxylation sites is 1.